The van der Waals surface area contributed by atoms with Gasteiger partial charge in [0.2, 0.25) is 0 Å². The van der Waals surface area contributed by atoms with Gasteiger partial charge in [0.15, 0.2) is 0 Å². The fourth-order valence-corrected chi connectivity index (χ4v) is 1.04. The first-order valence-electron chi connectivity index (χ1n) is 3.27. The van der Waals surface area contributed by atoms with Crippen LogP contribution >= 0.6 is 0 Å². The molecule has 0 aromatic rings. The molecule has 3 nitrogen and oxygen atoms in total. The Morgan fingerprint density at radius 1 is 1.50 bits per heavy atom. The van der Waals surface area contributed by atoms with Crippen molar-refractivity contribution < 1.29 is 0 Å². The highest BCUT2D eigenvalue weighted by atomic mass is 15.0. The van der Waals surface area contributed by atoms with Crippen molar-refractivity contribution >= 4 is 6.21 Å². The lowest BCUT2D eigenvalue weighted by atomic mass is 10.1. The molecular formula is C7H8N3. The number of rotatable bonds is 0. The van der Waals surface area contributed by atoms with Crippen molar-refractivity contribution in [1.29, 1.82) is 0 Å². The molecule has 0 saturated heterocycles. The van der Waals surface area contributed by atoms with E-state index in [1.165, 1.54) is 11.3 Å². The van der Waals surface area contributed by atoms with Crippen LogP contribution in [0.15, 0.2) is 28.5 Å². The van der Waals surface area contributed by atoms with Crippen LogP contribution in [0.4, 0.5) is 0 Å². The van der Waals surface area contributed by atoms with Gasteiger partial charge in [0.25, 0.3) is 0 Å². The van der Waals surface area contributed by atoms with E-state index in [1.54, 1.807) is 0 Å². The SMILES string of the molecule is C1=CC2=C(C=NCN2)C[N]1. The van der Waals surface area contributed by atoms with E-state index in [2.05, 4.69) is 15.6 Å². The van der Waals surface area contributed by atoms with Crippen LogP contribution in [0.2, 0.25) is 0 Å². The summed E-state index contributed by atoms with van der Waals surface area (Å²) in [5.74, 6) is 0. The van der Waals surface area contributed by atoms with E-state index in [-0.39, 0.29) is 0 Å². The molecular weight excluding hydrogens is 126 g/mol. The van der Waals surface area contributed by atoms with Gasteiger partial charge in [-0.15, -0.1) is 0 Å². The van der Waals surface area contributed by atoms with E-state index in [1.807, 2.05) is 18.5 Å². The minimum Gasteiger partial charge on any atom is -0.366 e. The Balaban J connectivity index is 2.32. The molecule has 0 aromatic carbocycles. The summed E-state index contributed by atoms with van der Waals surface area (Å²) in [7, 11) is 0. The maximum atomic E-state index is 4.09. The van der Waals surface area contributed by atoms with Crippen LogP contribution in [0, 0.1) is 0 Å². The molecule has 0 amide bonds. The van der Waals surface area contributed by atoms with Crippen molar-refractivity contribution in [3.8, 4) is 0 Å². The van der Waals surface area contributed by atoms with E-state index in [4.69, 9.17) is 0 Å². The summed E-state index contributed by atoms with van der Waals surface area (Å²) in [5, 5.41) is 7.25. The number of allylic oxidation sites excluding steroid dienone is 1. The topological polar surface area (TPSA) is 38.5 Å². The summed E-state index contributed by atoms with van der Waals surface area (Å²) >= 11 is 0. The lowest BCUT2D eigenvalue weighted by Crippen LogP contribution is -2.24. The van der Waals surface area contributed by atoms with Gasteiger partial charge in [-0.1, -0.05) is 0 Å². The lowest BCUT2D eigenvalue weighted by molar-refractivity contribution is 0.791. The number of hydrogen-bond acceptors (Lipinski definition) is 2. The first-order chi connectivity index (χ1) is 4.97. The van der Waals surface area contributed by atoms with Gasteiger partial charge in [-0.2, -0.15) is 0 Å². The van der Waals surface area contributed by atoms with Gasteiger partial charge in [-0.05, 0) is 6.08 Å². The zero-order valence-electron chi connectivity index (χ0n) is 5.54. The molecule has 1 N–H and O–H groups in total. The number of aliphatic imine (C=N–C) groups is 1. The van der Waals surface area contributed by atoms with Gasteiger partial charge in [0.1, 0.15) is 6.67 Å². The third kappa shape index (κ3) is 0.795. The molecule has 0 unspecified atom stereocenters. The second-order valence-corrected chi connectivity index (χ2v) is 2.24. The van der Waals surface area contributed by atoms with Crippen LogP contribution < -0.4 is 10.6 Å². The van der Waals surface area contributed by atoms with E-state index in [9.17, 15) is 0 Å². The molecule has 2 rings (SSSR count). The van der Waals surface area contributed by atoms with Crippen molar-refractivity contribution in [2.75, 3.05) is 13.2 Å². The van der Waals surface area contributed by atoms with Crippen molar-refractivity contribution in [3.05, 3.63) is 23.5 Å². The van der Waals surface area contributed by atoms with Gasteiger partial charge in [0, 0.05) is 23.7 Å². The van der Waals surface area contributed by atoms with Crippen molar-refractivity contribution in [1.82, 2.24) is 10.6 Å². The molecule has 10 heavy (non-hydrogen) atoms. The van der Waals surface area contributed by atoms with Crippen molar-refractivity contribution in [2.45, 2.75) is 0 Å². The van der Waals surface area contributed by atoms with Crippen LogP contribution in [-0.2, 0) is 0 Å². The molecule has 0 atom stereocenters. The summed E-state index contributed by atoms with van der Waals surface area (Å²) in [6.07, 6.45) is 5.69. The zero-order chi connectivity index (χ0) is 6.81. The second-order valence-electron chi connectivity index (χ2n) is 2.24. The Bertz CT molecular complexity index is 201. The Morgan fingerprint density at radius 2 is 2.50 bits per heavy atom. The summed E-state index contributed by atoms with van der Waals surface area (Å²) < 4.78 is 0. The lowest BCUT2D eigenvalue weighted by Gasteiger charge is -2.16. The van der Waals surface area contributed by atoms with Gasteiger partial charge in [-0.25, -0.2) is 0 Å². The standard InChI is InChI=1S/C7H8N3/c1-2-8-3-6-4-9-5-10-7(1)6/h1-2,4,10H,3,5H2. The first kappa shape index (κ1) is 5.53. The molecule has 0 bridgehead atoms. The second kappa shape index (κ2) is 2.17. The highest BCUT2D eigenvalue weighted by Gasteiger charge is 2.08. The molecule has 1 radical (unpaired) electrons. The Morgan fingerprint density at radius 3 is 3.40 bits per heavy atom. The third-order valence-corrected chi connectivity index (χ3v) is 1.56. The summed E-state index contributed by atoms with van der Waals surface area (Å²) in [6.45, 7) is 1.46. The largest absolute Gasteiger partial charge is 0.366 e. The normalized spacial score (nSPS) is 21.6. The smallest absolute Gasteiger partial charge is 0.107 e. The number of nitrogens with one attached hydrogen (secondary N) is 1. The van der Waals surface area contributed by atoms with Gasteiger partial charge in [-0.3, -0.25) is 10.3 Å². The molecule has 0 fully saturated rings. The zero-order valence-corrected chi connectivity index (χ0v) is 5.54. The molecule has 2 aliphatic heterocycles. The predicted octanol–water partition coefficient (Wildman–Crippen LogP) is 0.00370. The summed E-state index contributed by atoms with van der Waals surface area (Å²) in [6, 6.07) is 0. The molecule has 51 valence electrons. The van der Waals surface area contributed by atoms with Crippen molar-refractivity contribution in [2.24, 2.45) is 4.99 Å². The van der Waals surface area contributed by atoms with Gasteiger partial charge in [0.05, 0.1) is 6.54 Å². The molecule has 0 aliphatic carbocycles. The summed E-state index contributed by atoms with van der Waals surface area (Å²) in [5.41, 5.74) is 2.36. The van der Waals surface area contributed by atoms with Crippen LogP contribution in [0.5, 0.6) is 0 Å². The summed E-state index contributed by atoms with van der Waals surface area (Å²) in [4.78, 5) is 4.07. The predicted molar refractivity (Wildman–Crippen MR) is 39.7 cm³/mol. The van der Waals surface area contributed by atoms with Crippen LogP contribution in [0.25, 0.3) is 0 Å². The van der Waals surface area contributed by atoms with Gasteiger partial charge >= 0.3 is 0 Å². The number of hydrogen-bond donors (Lipinski definition) is 1. The number of nitrogens with zero attached hydrogens (tertiary/aromatic N) is 2. The van der Waals surface area contributed by atoms with E-state index >= 15 is 0 Å². The van der Waals surface area contributed by atoms with E-state index in [0.717, 1.165) is 6.54 Å². The highest BCUT2D eigenvalue weighted by Crippen LogP contribution is 2.07. The van der Waals surface area contributed by atoms with Crippen LogP contribution in [0.1, 0.15) is 0 Å². The minimum absolute atomic E-state index is 0.698. The molecule has 0 saturated carbocycles. The Labute approximate surface area is 59.5 Å². The molecule has 2 aliphatic rings. The van der Waals surface area contributed by atoms with E-state index < -0.39 is 0 Å². The van der Waals surface area contributed by atoms with Gasteiger partial charge < -0.3 is 5.32 Å². The monoisotopic (exact) mass is 134 g/mol. The average Bonchev–Trinajstić information content (AvgIpc) is 2.05. The average molecular weight is 134 g/mol. The first-order valence-corrected chi connectivity index (χ1v) is 3.27. The minimum atomic E-state index is 0.698. The fourth-order valence-electron chi connectivity index (χ4n) is 1.04. The Hall–Kier alpha value is -1.25. The van der Waals surface area contributed by atoms with Crippen molar-refractivity contribution in [3.63, 3.8) is 0 Å². The molecule has 3 heteroatoms. The Kier molecular flexibility index (Phi) is 1.20. The highest BCUT2D eigenvalue weighted by molar-refractivity contribution is 5.82. The van der Waals surface area contributed by atoms with Crippen LogP contribution in [0.3, 0.4) is 0 Å². The molecule has 0 spiro atoms. The van der Waals surface area contributed by atoms with Crippen LogP contribution in [-0.4, -0.2) is 19.4 Å². The maximum absolute atomic E-state index is 4.09. The third-order valence-electron chi connectivity index (χ3n) is 1.56. The maximum Gasteiger partial charge on any atom is 0.107 e. The van der Waals surface area contributed by atoms with E-state index in [0.29, 0.717) is 6.67 Å². The molecule has 2 heterocycles. The molecule has 0 aromatic heterocycles. The quantitative estimate of drug-likeness (QED) is 0.497. The fraction of sp³-hybridized carbons (Fsp3) is 0.286.